The summed E-state index contributed by atoms with van der Waals surface area (Å²) >= 11 is 1.46. The third kappa shape index (κ3) is 3.86. The largest absolute Gasteiger partial charge is 0.493 e. The average Bonchev–Trinajstić information content (AvgIpc) is 2.46. The Kier molecular flexibility index (Phi) is 5.03. The summed E-state index contributed by atoms with van der Waals surface area (Å²) in [6.07, 6.45) is 6.37. The summed E-state index contributed by atoms with van der Waals surface area (Å²) in [7, 11) is 0. The number of hydrogen-bond acceptors (Lipinski definition) is 4. The van der Waals surface area contributed by atoms with Crippen molar-refractivity contribution >= 4 is 27.7 Å². The maximum atomic E-state index is 5.78. The fourth-order valence-corrected chi connectivity index (χ4v) is 1.93. The molecule has 1 aromatic carbocycles. The molecule has 0 bridgehead atoms. The van der Waals surface area contributed by atoms with E-state index in [1.807, 2.05) is 36.7 Å². The van der Waals surface area contributed by atoms with Crippen molar-refractivity contribution in [2.45, 2.75) is 6.42 Å². The highest BCUT2D eigenvalue weighted by molar-refractivity contribution is 8.13. The van der Waals surface area contributed by atoms with Gasteiger partial charge in [-0.25, -0.2) is 0 Å². The van der Waals surface area contributed by atoms with Crippen molar-refractivity contribution in [1.82, 2.24) is 4.98 Å². The van der Waals surface area contributed by atoms with Gasteiger partial charge in [0.15, 0.2) is 5.17 Å². The third-order valence-electron chi connectivity index (χ3n) is 2.68. The molecule has 0 amide bonds. The first-order valence-electron chi connectivity index (χ1n) is 6.10. The van der Waals surface area contributed by atoms with Crippen LogP contribution in [0.1, 0.15) is 6.42 Å². The Bertz CT molecular complexity index is 566. The second-order valence-electron chi connectivity index (χ2n) is 3.98. The van der Waals surface area contributed by atoms with Crippen molar-refractivity contribution in [2.75, 3.05) is 19.4 Å². The Morgan fingerprint density at radius 1 is 1.42 bits per heavy atom. The first-order valence-corrected chi connectivity index (χ1v) is 7.33. The van der Waals surface area contributed by atoms with Gasteiger partial charge < -0.3 is 10.5 Å². The molecule has 0 aliphatic carbocycles. The van der Waals surface area contributed by atoms with Gasteiger partial charge in [0.1, 0.15) is 5.75 Å². The Hall–Kier alpha value is -1.75. The third-order valence-corrected chi connectivity index (χ3v) is 3.23. The van der Waals surface area contributed by atoms with Crippen LogP contribution in [0, 0.1) is 0 Å². The van der Waals surface area contributed by atoms with Crippen molar-refractivity contribution in [3.05, 3.63) is 36.7 Å². The van der Waals surface area contributed by atoms with Crippen LogP contribution in [0.2, 0.25) is 0 Å². The van der Waals surface area contributed by atoms with Gasteiger partial charge in [0.2, 0.25) is 0 Å². The molecule has 0 atom stereocenters. The molecule has 5 heteroatoms. The molecule has 0 aliphatic rings. The van der Waals surface area contributed by atoms with Crippen molar-refractivity contribution in [3.8, 4) is 5.75 Å². The molecular weight excluding hydrogens is 258 g/mol. The molecule has 2 aromatic rings. The fourth-order valence-electron chi connectivity index (χ4n) is 1.71. The van der Waals surface area contributed by atoms with Gasteiger partial charge in [0.05, 0.1) is 6.61 Å². The van der Waals surface area contributed by atoms with Gasteiger partial charge in [-0.2, -0.15) is 0 Å². The number of rotatable bonds is 5. The molecule has 0 radical (unpaired) electrons. The molecule has 1 heterocycles. The number of ether oxygens (including phenoxy) is 1. The highest BCUT2D eigenvalue weighted by Crippen LogP contribution is 2.24. The van der Waals surface area contributed by atoms with E-state index >= 15 is 0 Å². The van der Waals surface area contributed by atoms with Gasteiger partial charge in [-0.05, 0) is 23.8 Å². The molecule has 0 spiro atoms. The van der Waals surface area contributed by atoms with Crippen LogP contribution in [-0.4, -0.2) is 29.6 Å². The molecule has 0 aliphatic heterocycles. The van der Waals surface area contributed by atoms with E-state index in [2.05, 4.69) is 9.98 Å². The van der Waals surface area contributed by atoms with Crippen LogP contribution in [0.15, 0.2) is 41.7 Å². The number of benzene rings is 1. The Labute approximate surface area is 117 Å². The zero-order valence-corrected chi connectivity index (χ0v) is 11.7. The van der Waals surface area contributed by atoms with Crippen LogP contribution in [0.3, 0.4) is 0 Å². The molecule has 100 valence electrons. The molecule has 2 rings (SSSR count). The number of nitrogens with two attached hydrogens (primary N) is 1. The Morgan fingerprint density at radius 2 is 2.32 bits per heavy atom. The summed E-state index contributed by atoms with van der Waals surface area (Å²) in [6, 6.07) is 7.98. The summed E-state index contributed by atoms with van der Waals surface area (Å²) < 4.78 is 5.78. The molecule has 2 N–H and O–H groups in total. The van der Waals surface area contributed by atoms with Crippen LogP contribution in [0.25, 0.3) is 10.8 Å². The van der Waals surface area contributed by atoms with Gasteiger partial charge in [-0.15, -0.1) is 0 Å². The zero-order chi connectivity index (χ0) is 13.5. The standard InChI is InChI=1S/C14H17N3OS/c1-19-14(15)17-7-3-9-18-13-5-2-4-11-6-8-16-10-12(11)13/h2,4-6,8,10H,3,7,9H2,1H3,(H2,15,17). The van der Waals surface area contributed by atoms with E-state index in [-0.39, 0.29) is 0 Å². The first-order chi connectivity index (χ1) is 9.31. The number of fused-ring (bicyclic) bond motifs is 1. The second kappa shape index (κ2) is 6.99. The average molecular weight is 275 g/mol. The molecule has 0 saturated heterocycles. The van der Waals surface area contributed by atoms with Crippen LogP contribution in [0.4, 0.5) is 0 Å². The van der Waals surface area contributed by atoms with Crippen LogP contribution < -0.4 is 10.5 Å². The predicted octanol–water partition coefficient (Wildman–Crippen LogP) is 2.68. The van der Waals surface area contributed by atoms with E-state index in [9.17, 15) is 0 Å². The van der Waals surface area contributed by atoms with E-state index in [0.717, 1.165) is 22.9 Å². The number of pyridine rings is 1. The fraction of sp³-hybridized carbons (Fsp3) is 0.286. The van der Waals surface area contributed by atoms with Crippen molar-refractivity contribution in [2.24, 2.45) is 10.7 Å². The van der Waals surface area contributed by atoms with Gasteiger partial charge in [-0.3, -0.25) is 9.98 Å². The lowest BCUT2D eigenvalue weighted by molar-refractivity contribution is 0.317. The van der Waals surface area contributed by atoms with E-state index in [1.54, 1.807) is 6.20 Å². The minimum Gasteiger partial charge on any atom is -0.493 e. The smallest absolute Gasteiger partial charge is 0.153 e. The number of nitrogens with zero attached hydrogens (tertiary/aromatic N) is 2. The number of thioether (sulfide) groups is 1. The van der Waals surface area contributed by atoms with Crippen LogP contribution >= 0.6 is 11.8 Å². The highest BCUT2D eigenvalue weighted by atomic mass is 32.2. The lowest BCUT2D eigenvalue weighted by atomic mass is 10.1. The van der Waals surface area contributed by atoms with E-state index in [1.165, 1.54) is 11.8 Å². The number of aliphatic imine (C=N–C) groups is 1. The minimum absolute atomic E-state index is 0.620. The highest BCUT2D eigenvalue weighted by Gasteiger charge is 2.01. The number of amidine groups is 1. The zero-order valence-electron chi connectivity index (χ0n) is 10.9. The maximum Gasteiger partial charge on any atom is 0.153 e. The molecule has 19 heavy (non-hydrogen) atoms. The van der Waals surface area contributed by atoms with Crippen molar-refractivity contribution in [1.29, 1.82) is 0 Å². The molecule has 1 aromatic heterocycles. The van der Waals surface area contributed by atoms with Gasteiger partial charge >= 0.3 is 0 Å². The van der Waals surface area contributed by atoms with E-state index in [4.69, 9.17) is 10.5 Å². The summed E-state index contributed by atoms with van der Waals surface area (Å²) in [5.41, 5.74) is 5.60. The van der Waals surface area contributed by atoms with Crippen molar-refractivity contribution < 1.29 is 4.74 Å². The summed E-state index contributed by atoms with van der Waals surface area (Å²) in [4.78, 5) is 8.33. The monoisotopic (exact) mass is 275 g/mol. The first kappa shape index (κ1) is 13.7. The minimum atomic E-state index is 0.620. The number of aromatic nitrogens is 1. The Balaban J connectivity index is 1.92. The lowest BCUT2D eigenvalue weighted by Crippen LogP contribution is -2.07. The lowest BCUT2D eigenvalue weighted by Gasteiger charge is -2.08. The molecular formula is C14H17N3OS. The van der Waals surface area contributed by atoms with Crippen LogP contribution in [-0.2, 0) is 0 Å². The quantitative estimate of drug-likeness (QED) is 0.518. The molecule has 4 nitrogen and oxygen atoms in total. The van der Waals surface area contributed by atoms with E-state index < -0.39 is 0 Å². The summed E-state index contributed by atoms with van der Waals surface area (Å²) in [6.45, 7) is 1.31. The topological polar surface area (TPSA) is 60.5 Å². The van der Waals surface area contributed by atoms with Crippen LogP contribution in [0.5, 0.6) is 5.75 Å². The summed E-state index contributed by atoms with van der Waals surface area (Å²) in [5.74, 6) is 0.868. The van der Waals surface area contributed by atoms with Crippen molar-refractivity contribution in [3.63, 3.8) is 0 Å². The summed E-state index contributed by atoms with van der Waals surface area (Å²) in [5, 5.41) is 2.80. The van der Waals surface area contributed by atoms with Gasteiger partial charge in [0.25, 0.3) is 0 Å². The van der Waals surface area contributed by atoms with E-state index in [0.29, 0.717) is 18.3 Å². The molecule has 0 unspecified atom stereocenters. The molecule has 0 saturated carbocycles. The number of hydrogen-bond donors (Lipinski definition) is 1. The normalized spacial score (nSPS) is 11.7. The Morgan fingerprint density at radius 3 is 3.16 bits per heavy atom. The molecule has 0 fully saturated rings. The second-order valence-corrected chi connectivity index (χ2v) is 4.81. The predicted molar refractivity (Wildman–Crippen MR) is 81.9 cm³/mol. The SMILES string of the molecule is CSC(N)=NCCCOc1cccc2ccncc12. The van der Waals surface area contributed by atoms with Gasteiger partial charge in [-0.1, -0.05) is 23.9 Å². The maximum absolute atomic E-state index is 5.78. The van der Waals surface area contributed by atoms with Gasteiger partial charge in [0, 0.05) is 30.7 Å².